The SMILES string of the molecule is OCCn1cc(CNCC2(O)CCOC2)nn1. The first-order valence-electron chi connectivity index (χ1n) is 5.73. The summed E-state index contributed by atoms with van der Waals surface area (Å²) < 4.78 is 6.74. The number of rotatable bonds is 6. The minimum absolute atomic E-state index is 0.0489. The van der Waals surface area contributed by atoms with Crippen LogP contribution in [0.4, 0.5) is 0 Å². The van der Waals surface area contributed by atoms with Gasteiger partial charge in [0.25, 0.3) is 0 Å². The molecule has 0 aliphatic carbocycles. The fourth-order valence-electron chi connectivity index (χ4n) is 1.79. The second-order valence-electron chi connectivity index (χ2n) is 4.33. The molecule has 0 amide bonds. The summed E-state index contributed by atoms with van der Waals surface area (Å²) in [6.45, 7) is 2.54. The van der Waals surface area contributed by atoms with Gasteiger partial charge in [0.1, 0.15) is 5.60 Å². The van der Waals surface area contributed by atoms with E-state index in [0.29, 0.717) is 39.3 Å². The molecule has 1 aliphatic heterocycles. The van der Waals surface area contributed by atoms with Crippen LogP contribution in [0.5, 0.6) is 0 Å². The van der Waals surface area contributed by atoms with E-state index in [1.54, 1.807) is 10.9 Å². The maximum absolute atomic E-state index is 10.00. The third-order valence-corrected chi connectivity index (χ3v) is 2.76. The summed E-state index contributed by atoms with van der Waals surface area (Å²) in [6.07, 6.45) is 2.44. The zero-order chi connectivity index (χ0) is 12.1. The first-order valence-corrected chi connectivity index (χ1v) is 5.73. The fraction of sp³-hybridized carbons (Fsp3) is 0.800. The van der Waals surface area contributed by atoms with Crippen LogP contribution in [-0.2, 0) is 17.8 Å². The molecule has 0 saturated carbocycles. The van der Waals surface area contributed by atoms with Crippen molar-refractivity contribution in [2.24, 2.45) is 0 Å². The number of hydrogen-bond donors (Lipinski definition) is 3. The lowest BCUT2D eigenvalue weighted by atomic mass is 10.0. The molecule has 1 unspecified atom stereocenters. The lowest BCUT2D eigenvalue weighted by Gasteiger charge is -2.20. The molecule has 1 aromatic rings. The van der Waals surface area contributed by atoms with Gasteiger partial charge in [-0.15, -0.1) is 5.10 Å². The van der Waals surface area contributed by atoms with Crippen LogP contribution in [0.3, 0.4) is 0 Å². The molecule has 17 heavy (non-hydrogen) atoms. The Morgan fingerprint density at radius 2 is 2.47 bits per heavy atom. The van der Waals surface area contributed by atoms with E-state index in [9.17, 15) is 5.11 Å². The van der Waals surface area contributed by atoms with Gasteiger partial charge in [-0.2, -0.15) is 0 Å². The zero-order valence-corrected chi connectivity index (χ0v) is 9.67. The molecular formula is C10H18N4O3. The molecule has 1 fully saturated rings. The summed E-state index contributed by atoms with van der Waals surface area (Å²) >= 11 is 0. The van der Waals surface area contributed by atoms with Crippen LogP contribution in [0.15, 0.2) is 6.20 Å². The lowest BCUT2D eigenvalue weighted by Crippen LogP contribution is -2.40. The van der Waals surface area contributed by atoms with Crippen molar-refractivity contribution >= 4 is 0 Å². The molecule has 0 aromatic carbocycles. The Morgan fingerprint density at radius 1 is 1.59 bits per heavy atom. The zero-order valence-electron chi connectivity index (χ0n) is 9.67. The number of aromatic nitrogens is 3. The van der Waals surface area contributed by atoms with Crippen LogP contribution < -0.4 is 5.32 Å². The van der Waals surface area contributed by atoms with Crippen LogP contribution in [0.1, 0.15) is 12.1 Å². The molecule has 96 valence electrons. The van der Waals surface area contributed by atoms with Crippen molar-refractivity contribution in [3.63, 3.8) is 0 Å². The maximum atomic E-state index is 10.00. The predicted octanol–water partition coefficient (Wildman–Crippen LogP) is -1.49. The average Bonchev–Trinajstić information content (AvgIpc) is 2.90. The molecule has 0 spiro atoms. The number of ether oxygens (including phenoxy) is 1. The van der Waals surface area contributed by atoms with E-state index in [-0.39, 0.29) is 6.61 Å². The monoisotopic (exact) mass is 242 g/mol. The number of nitrogens with zero attached hydrogens (tertiary/aromatic N) is 3. The Kier molecular flexibility index (Phi) is 4.06. The molecule has 0 radical (unpaired) electrons. The van der Waals surface area contributed by atoms with E-state index in [4.69, 9.17) is 9.84 Å². The van der Waals surface area contributed by atoms with Gasteiger partial charge in [0.05, 0.1) is 25.5 Å². The molecule has 1 aliphatic rings. The summed E-state index contributed by atoms with van der Waals surface area (Å²) in [4.78, 5) is 0. The van der Waals surface area contributed by atoms with Crippen LogP contribution in [0.2, 0.25) is 0 Å². The fourth-order valence-corrected chi connectivity index (χ4v) is 1.79. The Balaban J connectivity index is 1.73. The van der Waals surface area contributed by atoms with Gasteiger partial charge < -0.3 is 20.3 Å². The quantitative estimate of drug-likeness (QED) is 0.563. The third-order valence-electron chi connectivity index (χ3n) is 2.76. The van der Waals surface area contributed by atoms with Gasteiger partial charge in [-0.25, -0.2) is 4.68 Å². The van der Waals surface area contributed by atoms with Gasteiger partial charge in [-0.05, 0) is 0 Å². The number of aliphatic hydroxyl groups is 2. The molecule has 1 atom stereocenters. The minimum Gasteiger partial charge on any atom is -0.394 e. The number of hydrogen-bond acceptors (Lipinski definition) is 6. The Bertz CT molecular complexity index is 349. The van der Waals surface area contributed by atoms with Crippen molar-refractivity contribution < 1.29 is 14.9 Å². The van der Waals surface area contributed by atoms with E-state index in [1.807, 2.05) is 0 Å². The van der Waals surface area contributed by atoms with Gasteiger partial charge in [0, 0.05) is 32.3 Å². The van der Waals surface area contributed by atoms with E-state index in [1.165, 1.54) is 0 Å². The second-order valence-corrected chi connectivity index (χ2v) is 4.33. The Labute approximate surface area is 99.4 Å². The summed E-state index contributed by atoms with van der Waals surface area (Å²) in [5.41, 5.74) is 0.0436. The maximum Gasteiger partial charge on any atom is 0.103 e. The van der Waals surface area contributed by atoms with Crippen molar-refractivity contribution in [2.45, 2.75) is 25.1 Å². The molecule has 2 heterocycles. The lowest BCUT2D eigenvalue weighted by molar-refractivity contribution is 0.0268. The van der Waals surface area contributed by atoms with Crippen molar-refractivity contribution in [2.75, 3.05) is 26.4 Å². The van der Waals surface area contributed by atoms with E-state index < -0.39 is 5.60 Å². The van der Waals surface area contributed by atoms with Crippen LogP contribution in [0, 0.1) is 0 Å². The highest BCUT2D eigenvalue weighted by atomic mass is 16.5. The van der Waals surface area contributed by atoms with Gasteiger partial charge in [-0.3, -0.25) is 0 Å². The van der Waals surface area contributed by atoms with Gasteiger partial charge in [-0.1, -0.05) is 5.21 Å². The topological polar surface area (TPSA) is 92.4 Å². The molecule has 2 rings (SSSR count). The molecule has 7 nitrogen and oxygen atoms in total. The van der Waals surface area contributed by atoms with Crippen molar-refractivity contribution in [1.29, 1.82) is 0 Å². The summed E-state index contributed by atoms with van der Waals surface area (Å²) in [7, 11) is 0. The Hall–Kier alpha value is -1.02. The average molecular weight is 242 g/mol. The van der Waals surface area contributed by atoms with Crippen molar-refractivity contribution in [3.05, 3.63) is 11.9 Å². The molecule has 1 saturated heterocycles. The largest absolute Gasteiger partial charge is 0.394 e. The van der Waals surface area contributed by atoms with Gasteiger partial charge in [0.15, 0.2) is 0 Å². The first kappa shape index (κ1) is 12.4. The Morgan fingerprint density at radius 3 is 3.18 bits per heavy atom. The summed E-state index contributed by atoms with van der Waals surface area (Å²) in [5, 5.41) is 29.7. The minimum atomic E-state index is -0.749. The summed E-state index contributed by atoms with van der Waals surface area (Å²) in [5.74, 6) is 0. The van der Waals surface area contributed by atoms with Gasteiger partial charge >= 0.3 is 0 Å². The molecule has 3 N–H and O–H groups in total. The van der Waals surface area contributed by atoms with E-state index >= 15 is 0 Å². The highest BCUT2D eigenvalue weighted by Gasteiger charge is 2.31. The van der Waals surface area contributed by atoms with Gasteiger partial charge in [0.2, 0.25) is 0 Å². The highest BCUT2D eigenvalue weighted by Crippen LogP contribution is 2.16. The third kappa shape index (κ3) is 3.47. The molecule has 1 aromatic heterocycles. The van der Waals surface area contributed by atoms with Crippen molar-refractivity contribution in [3.8, 4) is 0 Å². The highest BCUT2D eigenvalue weighted by molar-refractivity contribution is 4.93. The first-order chi connectivity index (χ1) is 8.22. The molecule has 0 bridgehead atoms. The second kappa shape index (κ2) is 5.54. The predicted molar refractivity (Wildman–Crippen MR) is 59.2 cm³/mol. The van der Waals surface area contributed by atoms with Crippen LogP contribution in [0.25, 0.3) is 0 Å². The van der Waals surface area contributed by atoms with E-state index in [0.717, 1.165) is 5.69 Å². The number of aliphatic hydroxyl groups excluding tert-OH is 1. The standard InChI is InChI=1S/C10H18N4O3/c15-3-2-14-6-9(12-13-14)5-11-7-10(16)1-4-17-8-10/h6,11,15-16H,1-5,7-8H2. The molecular weight excluding hydrogens is 224 g/mol. The summed E-state index contributed by atoms with van der Waals surface area (Å²) in [6, 6.07) is 0. The van der Waals surface area contributed by atoms with Crippen molar-refractivity contribution in [1.82, 2.24) is 20.3 Å². The van der Waals surface area contributed by atoms with Crippen LogP contribution >= 0.6 is 0 Å². The van der Waals surface area contributed by atoms with E-state index in [2.05, 4.69) is 15.6 Å². The number of nitrogens with one attached hydrogen (secondary N) is 1. The van der Waals surface area contributed by atoms with Crippen LogP contribution in [-0.4, -0.2) is 57.2 Å². The normalized spacial score (nSPS) is 24.4. The smallest absolute Gasteiger partial charge is 0.103 e. The molecule has 7 heteroatoms.